The molecule has 1 aliphatic heterocycles. The molecule has 11 nitrogen and oxygen atoms in total. The largest absolute Gasteiger partial charge is 0.466 e. The number of hydrogen-bond donors (Lipinski definition) is 0. The van der Waals surface area contributed by atoms with Crippen molar-refractivity contribution < 1.29 is 35.9 Å². The molecule has 1 aliphatic carbocycles. The Morgan fingerprint density at radius 1 is 0.818 bits per heavy atom. The van der Waals surface area contributed by atoms with Gasteiger partial charge in [0.25, 0.3) is 20.0 Å². The molecule has 1 spiro atoms. The maximum Gasteiger partial charge on any atom is 0.342 e. The normalized spacial score (nSPS) is 21.0. The van der Waals surface area contributed by atoms with Crippen LogP contribution in [0.15, 0.2) is 114 Å². The molecule has 2 aliphatic rings. The van der Waals surface area contributed by atoms with Crippen molar-refractivity contribution in [1.82, 2.24) is 4.31 Å². The maximum absolute atomic E-state index is 14.6. The lowest BCUT2D eigenvalue weighted by molar-refractivity contribution is -0.139. The first kappa shape index (κ1) is 32.6. The van der Waals surface area contributed by atoms with Gasteiger partial charge in [0.2, 0.25) is 0 Å². The van der Waals surface area contributed by atoms with E-state index in [-0.39, 0.29) is 38.1 Å². The number of allylic oxidation sites excluding steroid dienone is 2. The van der Waals surface area contributed by atoms with Gasteiger partial charge in [0.1, 0.15) is 11.1 Å². The van der Waals surface area contributed by atoms with Crippen LogP contribution in [0.3, 0.4) is 0 Å². The van der Waals surface area contributed by atoms with Crippen molar-refractivity contribution in [3.8, 4) is 0 Å². The van der Waals surface area contributed by atoms with E-state index in [4.69, 9.17) is 9.47 Å². The topological polar surface area (TPSA) is 149 Å². The van der Waals surface area contributed by atoms with E-state index in [1.165, 1.54) is 62.4 Å². The Kier molecular flexibility index (Phi) is 8.60. The molecule has 0 fully saturated rings. The summed E-state index contributed by atoms with van der Waals surface area (Å²) in [5.41, 5.74) is -3.31. The third-order valence-electron chi connectivity index (χ3n) is 6.91. The molecule has 0 radical (unpaired) electrons. The number of rotatable bonds is 6. The van der Waals surface area contributed by atoms with Crippen LogP contribution in [0.1, 0.15) is 34.6 Å². The van der Waals surface area contributed by atoms with Crippen LogP contribution in [0.4, 0.5) is 0 Å². The number of ether oxygens (including phenoxy) is 2. The van der Waals surface area contributed by atoms with E-state index < -0.39 is 48.6 Å². The zero-order valence-electron chi connectivity index (χ0n) is 25.4. The van der Waals surface area contributed by atoms with Crippen LogP contribution in [0.25, 0.3) is 0 Å². The van der Waals surface area contributed by atoms with Gasteiger partial charge in [-0.15, -0.1) is 0 Å². The lowest BCUT2D eigenvalue weighted by Crippen LogP contribution is -2.54. The van der Waals surface area contributed by atoms with Gasteiger partial charge in [0.05, 0.1) is 40.8 Å². The molecule has 4 rings (SSSR count). The average Bonchev–Trinajstić information content (AvgIpc) is 3.25. The fourth-order valence-electron chi connectivity index (χ4n) is 5.04. The highest BCUT2D eigenvalue weighted by atomic mass is 32.2. The minimum atomic E-state index is -4.57. The molecule has 0 saturated carbocycles. The minimum absolute atomic E-state index is 0.0130. The van der Waals surface area contributed by atoms with Crippen molar-refractivity contribution in [2.75, 3.05) is 14.2 Å². The third kappa shape index (κ3) is 5.64. The number of esters is 2. The third-order valence-corrected chi connectivity index (χ3v) is 10.0. The number of hydrogen-bond acceptors (Lipinski definition) is 9. The molecule has 1 unspecified atom stereocenters. The Morgan fingerprint density at radius 3 is 1.84 bits per heavy atom. The van der Waals surface area contributed by atoms with E-state index in [1.807, 2.05) is 0 Å². The van der Waals surface area contributed by atoms with Gasteiger partial charge in [-0.05, 0) is 82.2 Å². The Morgan fingerprint density at radius 2 is 1.34 bits per heavy atom. The summed E-state index contributed by atoms with van der Waals surface area (Å²) in [6, 6.07) is 15.1. The number of benzene rings is 2. The summed E-state index contributed by atoms with van der Waals surface area (Å²) in [6.45, 7) is 8.15. The summed E-state index contributed by atoms with van der Waals surface area (Å²) in [5, 5.41) is 0. The monoisotopic (exact) mass is 639 g/mol. The van der Waals surface area contributed by atoms with E-state index in [0.29, 0.717) is 0 Å². The molecule has 2 aromatic carbocycles. The SMILES string of the molecule is COC(=O)C1=C(C(=O)OC)C2(C=C(C)/C(=N/S(=O)(=O)c3ccccc3)C=C2C)N(S(=O)(=O)c2ccccc2)C1=NC(C)(C)C. The lowest BCUT2D eigenvalue weighted by atomic mass is 9.77. The van der Waals surface area contributed by atoms with E-state index in [1.54, 1.807) is 45.0 Å². The highest BCUT2D eigenvalue weighted by Gasteiger charge is 2.61. The van der Waals surface area contributed by atoms with Crippen LogP contribution >= 0.6 is 0 Å². The van der Waals surface area contributed by atoms with E-state index >= 15 is 0 Å². The predicted molar refractivity (Wildman–Crippen MR) is 165 cm³/mol. The van der Waals surface area contributed by atoms with Crippen molar-refractivity contribution in [3.05, 3.63) is 95.1 Å². The van der Waals surface area contributed by atoms with Crippen molar-refractivity contribution in [1.29, 1.82) is 0 Å². The summed E-state index contributed by atoms with van der Waals surface area (Å²) >= 11 is 0. The van der Waals surface area contributed by atoms with Crippen LogP contribution in [-0.2, 0) is 39.1 Å². The second kappa shape index (κ2) is 11.6. The lowest BCUT2D eigenvalue weighted by Gasteiger charge is -2.41. The highest BCUT2D eigenvalue weighted by molar-refractivity contribution is 7.90. The molecule has 1 atom stereocenters. The quantitative estimate of drug-likeness (QED) is 0.431. The van der Waals surface area contributed by atoms with E-state index in [9.17, 15) is 26.4 Å². The molecule has 232 valence electrons. The van der Waals surface area contributed by atoms with Gasteiger partial charge in [-0.2, -0.15) is 12.8 Å². The molecular weight excluding hydrogens is 606 g/mol. The Labute approximate surface area is 257 Å². The number of methoxy groups -OCH3 is 2. The van der Waals surface area contributed by atoms with Crippen LogP contribution < -0.4 is 0 Å². The smallest absolute Gasteiger partial charge is 0.342 e. The van der Waals surface area contributed by atoms with Crippen LogP contribution in [0.5, 0.6) is 0 Å². The van der Waals surface area contributed by atoms with Crippen molar-refractivity contribution in [3.63, 3.8) is 0 Å². The number of aliphatic imine (C=N–C) groups is 1. The molecule has 1 heterocycles. The zero-order chi connectivity index (χ0) is 32.7. The minimum Gasteiger partial charge on any atom is -0.466 e. The van der Waals surface area contributed by atoms with Gasteiger partial charge >= 0.3 is 11.9 Å². The average molecular weight is 640 g/mol. The molecule has 13 heteroatoms. The van der Waals surface area contributed by atoms with Gasteiger partial charge in [0, 0.05) is 0 Å². The molecule has 0 aromatic heterocycles. The van der Waals surface area contributed by atoms with Crippen molar-refractivity contribution >= 4 is 43.5 Å². The number of nitrogens with zero attached hydrogens (tertiary/aromatic N) is 3. The number of sulfonamides is 2. The van der Waals surface area contributed by atoms with Crippen LogP contribution in [-0.4, -0.2) is 69.9 Å². The maximum atomic E-state index is 14.6. The van der Waals surface area contributed by atoms with Gasteiger partial charge in [-0.3, -0.25) is 4.99 Å². The van der Waals surface area contributed by atoms with Gasteiger partial charge < -0.3 is 9.47 Å². The molecule has 0 saturated heterocycles. The second-order valence-corrected chi connectivity index (χ2v) is 14.5. The number of carbonyl (C=O) groups excluding carboxylic acids is 2. The zero-order valence-corrected chi connectivity index (χ0v) is 27.0. The number of carbonyl (C=O) groups is 2. The molecule has 0 amide bonds. The predicted octanol–water partition coefficient (Wildman–Crippen LogP) is 4.01. The molecular formula is C31H33N3O8S2. The first-order valence-electron chi connectivity index (χ1n) is 13.4. The number of amidine groups is 1. The Hall–Kier alpha value is -4.36. The first-order chi connectivity index (χ1) is 20.5. The summed E-state index contributed by atoms with van der Waals surface area (Å²) < 4.78 is 70.6. The standard InChI is InChI=1S/C31H33N3O8S2/c1-20-19-31(21(2)18-24(20)33-43(37,38)22-14-10-8-11-15-22)26(29(36)42-7)25(28(35)41-6)27(32-30(3,4)5)34(31)44(39,40)23-16-12-9-13-17-23/h8-19H,1-7H3/b32-27?,33-24+. The van der Waals surface area contributed by atoms with Crippen LogP contribution in [0, 0.1) is 0 Å². The molecule has 0 N–H and O–H groups in total. The second-order valence-electron chi connectivity index (χ2n) is 11.1. The highest BCUT2D eigenvalue weighted by Crippen LogP contribution is 2.49. The Bertz CT molecular complexity index is 1880. The first-order valence-corrected chi connectivity index (χ1v) is 16.3. The summed E-state index contributed by atoms with van der Waals surface area (Å²) in [5.74, 6) is -2.35. The van der Waals surface area contributed by atoms with E-state index in [0.717, 1.165) is 18.5 Å². The van der Waals surface area contributed by atoms with Crippen molar-refractivity contribution in [2.45, 2.75) is 55.5 Å². The fraction of sp³-hybridized carbons (Fsp3) is 0.290. The van der Waals surface area contributed by atoms with Gasteiger partial charge in [-0.25, -0.2) is 22.3 Å². The molecule has 44 heavy (non-hydrogen) atoms. The fourth-order valence-corrected chi connectivity index (χ4v) is 7.84. The van der Waals surface area contributed by atoms with Gasteiger partial charge in [-0.1, -0.05) is 36.4 Å². The summed E-state index contributed by atoms with van der Waals surface area (Å²) in [6.07, 6.45) is 2.77. The summed E-state index contributed by atoms with van der Waals surface area (Å²) in [7, 11) is -6.53. The van der Waals surface area contributed by atoms with Crippen LogP contribution in [0.2, 0.25) is 0 Å². The van der Waals surface area contributed by atoms with Gasteiger partial charge in [0.15, 0.2) is 5.84 Å². The van der Waals surface area contributed by atoms with E-state index in [2.05, 4.69) is 9.39 Å². The summed E-state index contributed by atoms with van der Waals surface area (Å²) in [4.78, 5) is 31.5. The molecule has 0 bridgehead atoms. The van der Waals surface area contributed by atoms with Crippen molar-refractivity contribution in [2.24, 2.45) is 9.39 Å². The Balaban J connectivity index is 2.15. The molecule has 2 aromatic rings.